The lowest BCUT2D eigenvalue weighted by Gasteiger charge is -2.15. The van der Waals surface area contributed by atoms with Crippen LogP contribution >= 0.6 is 11.6 Å². The van der Waals surface area contributed by atoms with Crippen molar-refractivity contribution in [2.24, 2.45) is 0 Å². The molecular formula is C30H25ClF3N7O10S. The summed E-state index contributed by atoms with van der Waals surface area (Å²) in [5.74, 6) is -1.33. The van der Waals surface area contributed by atoms with E-state index in [9.17, 15) is 26.4 Å². The Morgan fingerprint density at radius 2 is 1.69 bits per heavy atom. The quantitative estimate of drug-likeness (QED) is 0.167. The molecule has 4 aromatic heterocycles. The van der Waals surface area contributed by atoms with Gasteiger partial charge in [-0.25, -0.2) is 22.9 Å². The van der Waals surface area contributed by atoms with Gasteiger partial charge in [0.2, 0.25) is 17.6 Å². The van der Waals surface area contributed by atoms with E-state index in [1.807, 2.05) is 4.72 Å². The van der Waals surface area contributed by atoms with E-state index in [0.717, 1.165) is 17.8 Å². The van der Waals surface area contributed by atoms with E-state index in [0.29, 0.717) is 33.7 Å². The highest BCUT2D eigenvalue weighted by molar-refractivity contribution is 7.92. The number of ether oxygens (including phenoxy) is 5. The van der Waals surface area contributed by atoms with Crippen LogP contribution < -0.4 is 28.4 Å². The second-order valence-electron chi connectivity index (χ2n) is 10.1. The van der Waals surface area contributed by atoms with Crippen LogP contribution in [0.2, 0.25) is 5.02 Å². The number of hydrogen-bond acceptors (Lipinski definition) is 14. The van der Waals surface area contributed by atoms with Crippen molar-refractivity contribution in [2.45, 2.75) is 24.1 Å². The number of hydrogen-bond donors (Lipinski definition) is 2. The van der Waals surface area contributed by atoms with Crippen LogP contribution in [0.1, 0.15) is 12.5 Å². The van der Waals surface area contributed by atoms with Gasteiger partial charge in [0.25, 0.3) is 21.7 Å². The number of aliphatic carboxylic acids is 1. The molecule has 17 nitrogen and oxygen atoms in total. The highest BCUT2D eigenvalue weighted by Gasteiger charge is 2.40. The first-order valence-electron chi connectivity index (χ1n) is 14.3. The molecule has 6 aromatic rings. The fourth-order valence-electron chi connectivity index (χ4n) is 4.21. The molecule has 274 valence electrons. The minimum atomic E-state index is -4.98. The molecule has 0 fully saturated rings. The molecule has 0 saturated carbocycles. The fourth-order valence-corrected chi connectivity index (χ4v) is 5.64. The molecule has 0 bridgehead atoms. The van der Waals surface area contributed by atoms with Crippen molar-refractivity contribution < 1.29 is 59.6 Å². The Bertz CT molecular complexity index is 2340. The third-order valence-electron chi connectivity index (χ3n) is 6.56. The molecule has 1 unspecified atom stereocenters. The summed E-state index contributed by atoms with van der Waals surface area (Å²) in [6.07, 6.45) is -5.03. The minimum absolute atomic E-state index is 0.0924. The van der Waals surface area contributed by atoms with Gasteiger partial charge < -0.3 is 33.2 Å². The van der Waals surface area contributed by atoms with Crippen LogP contribution in [0.4, 0.5) is 19.1 Å². The monoisotopic (exact) mass is 767 g/mol. The van der Waals surface area contributed by atoms with Crippen molar-refractivity contribution in [2.75, 3.05) is 26.1 Å². The maximum atomic E-state index is 13.3. The number of carboxylic acid groups (broad SMARTS) is 1. The topological polar surface area (TPSA) is 212 Å². The number of methoxy groups -OCH3 is 3. The number of nitrogens with zero attached hydrogens (tertiary/aromatic N) is 6. The summed E-state index contributed by atoms with van der Waals surface area (Å²) in [7, 11) is -1.20. The van der Waals surface area contributed by atoms with Crippen LogP contribution in [-0.2, 0) is 21.0 Å². The van der Waals surface area contributed by atoms with Crippen molar-refractivity contribution in [3.63, 3.8) is 0 Å². The maximum absolute atomic E-state index is 13.3. The van der Waals surface area contributed by atoms with E-state index in [1.54, 1.807) is 42.5 Å². The first-order chi connectivity index (χ1) is 24.6. The molecule has 2 aromatic carbocycles. The highest BCUT2D eigenvalue weighted by atomic mass is 35.5. The van der Waals surface area contributed by atoms with Crippen LogP contribution in [0.25, 0.3) is 16.9 Å². The normalized spacial score (nSPS) is 12.1. The number of pyridine rings is 1. The Morgan fingerprint density at radius 3 is 2.33 bits per heavy atom. The molecule has 0 saturated heterocycles. The average Bonchev–Trinajstić information content (AvgIpc) is 3.70. The van der Waals surface area contributed by atoms with Gasteiger partial charge in [-0.05, 0) is 49.4 Å². The van der Waals surface area contributed by atoms with Gasteiger partial charge in [-0.3, -0.25) is 0 Å². The van der Waals surface area contributed by atoms with Gasteiger partial charge >= 0.3 is 18.2 Å². The Labute approximate surface area is 295 Å². The predicted molar refractivity (Wildman–Crippen MR) is 174 cm³/mol. The van der Waals surface area contributed by atoms with Crippen LogP contribution in [0, 0.1) is 0 Å². The van der Waals surface area contributed by atoms with Crippen LogP contribution in [0.3, 0.4) is 0 Å². The van der Waals surface area contributed by atoms with Crippen molar-refractivity contribution in [3.05, 3.63) is 71.4 Å². The number of anilines is 1. The van der Waals surface area contributed by atoms with Gasteiger partial charge in [0.05, 0.1) is 33.0 Å². The molecular weight excluding hydrogens is 743 g/mol. The number of fused-ring (bicyclic) bond motifs is 2. The number of carboxylic acids is 1. The van der Waals surface area contributed by atoms with Crippen molar-refractivity contribution >= 4 is 50.4 Å². The average molecular weight is 768 g/mol. The summed E-state index contributed by atoms with van der Waals surface area (Å²) < 4.78 is 99.3. The largest absolute Gasteiger partial charge is 0.481 e. The number of carbonyl (C=O) groups is 1. The first kappa shape index (κ1) is 37.2. The lowest BCUT2D eigenvalue weighted by Crippen LogP contribution is -2.22. The number of oxazole rings is 1. The zero-order valence-corrected chi connectivity index (χ0v) is 28.6. The molecule has 0 aliphatic heterocycles. The first-order valence-corrected chi connectivity index (χ1v) is 16.2. The third kappa shape index (κ3) is 8.43. The second-order valence-corrected chi connectivity index (χ2v) is 12.1. The van der Waals surface area contributed by atoms with Gasteiger partial charge in [-0.15, -0.1) is 5.10 Å². The zero-order valence-electron chi connectivity index (χ0n) is 27.1. The summed E-state index contributed by atoms with van der Waals surface area (Å²) in [4.78, 5) is 25.0. The van der Waals surface area contributed by atoms with E-state index in [1.165, 1.54) is 27.2 Å². The number of halogens is 4. The van der Waals surface area contributed by atoms with E-state index in [-0.39, 0.29) is 23.6 Å². The van der Waals surface area contributed by atoms with Gasteiger partial charge in [0.15, 0.2) is 16.6 Å². The number of alkyl halides is 3. The van der Waals surface area contributed by atoms with Crippen molar-refractivity contribution in [1.29, 1.82) is 0 Å². The Balaban J connectivity index is 0.000000206. The molecule has 1 atom stereocenters. The molecule has 22 heteroatoms. The third-order valence-corrected chi connectivity index (χ3v) is 8.18. The lowest BCUT2D eigenvalue weighted by molar-refractivity contribution is -0.144. The smallest absolute Gasteiger partial charge is 0.418 e. The number of benzene rings is 2. The van der Waals surface area contributed by atoms with Gasteiger partial charge in [0, 0.05) is 17.3 Å². The summed E-state index contributed by atoms with van der Waals surface area (Å²) in [6, 6.07) is 13.4. The lowest BCUT2D eigenvalue weighted by atomic mass is 10.2. The van der Waals surface area contributed by atoms with Crippen LogP contribution in [0.15, 0.2) is 70.1 Å². The molecule has 0 aliphatic rings. The molecule has 0 radical (unpaired) electrons. The fraction of sp³-hybridized carbons (Fsp3) is 0.200. The number of rotatable bonds is 11. The summed E-state index contributed by atoms with van der Waals surface area (Å²) in [5, 5.41) is 13.2. The van der Waals surface area contributed by atoms with Gasteiger partial charge in [-0.2, -0.15) is 32.6 Å². The highest BCUT2D eigenvalue weighted by Crippen LogP contribution is 2.38. The molecule has 0 aliphatic carbocycles. The Morgan fingerprint density at radius 1 is 0.981 bits per heavy atom. The molecule has 0 amide bonds. The minimum Gasteiger partial charge on any atom is -0.481 e. The zero-order chi connectivity index (χ0) is 37.8. The molecule has 6 rings (SSSR count). The molecule has 4 heterocycles. The summed E-state index contributed by atoms with van der Waals surface area (Å²) in [6.45, 7) is 1.45. The second kappa shape index (κ2) is 15.0. The van der Waals surface area contributed by atoms with E-state index in [2.05, 4.69) is 25.0 Å². The molecule has 52 heavy (non-hydrogen) atoms. The summed E-state index contributed by atoms with van der Waals surface area (Å²) in [5.41, 5.74) is -0.291. The Hall–Kier alpha value is -6.09. The van der Waals surface area contributed by atoms with Crippen LogP contribution in [-0.4, -0.2) is 76.5 Å². The van der Waals surface area contributed by atoms with E-state index < -0.39 is 50.6 Å². The summed E-state index contributed by atoms with van der Waals surface area (Å²) >= 11 is 5.88. The van der Waals surface area contributed by atoms with Crippen molar-refractivity contribution in [1.82, 2.24) is 29.5 Å². The van der Waals surface area contributed by atoms with Crippen LogP contribution in [0.5, 0.6) is 35.2 Å². The van der Waals surface area contributed by atoms with Crippen molar-refractivity contribution in [3.8, 4) is 35.2 Å². The Kier molecular flexibility index (Phi) is 10.7. The SMILES string of the molecule is CC(Oc1ccc(Oc2nc3ccc(Cl)cc3o2)cc1)C(=O)O.COc1cc(OC)n2nc(NS(=O)(=O)c3c(C(F)(F)F)ccnc3OC)nc2n1. The number of nitrogens with one attached hydrogen (secondary N) is 1. The van der Waals surface area contributed by atoms with E-state index in [4.69, 9.17) is 44.8 Å². The molecule has 2 N–H and O–H groups in total. The van der Waals surface area contributed by atoms with E-state index >= 15 is 0 Å². The number of aromatic nitrogens is 6. The van der Waals surface area contributed by atoms with Gasteiger partial charge in [-0.1, -0.05) is 11.6 Å². The standard InChI is InChI=1S/C16H12ClNO5.C14H13F3N6O5S/c1-9(15(19)20)21-11-3-5-12(6-4-11)22-16-18-13-7-2-10(17)8-14(13)23-16;1-26-8-6-9(27-2)23-13(19-8)20-12(21-23)22-29(24,25)10-7(14(15,16)17)4-5-18-11(10)28-3/h2-9H,1H3,(H,19,20);4-6H,1-3H3,(H,21,22). The van der Waals surface area contributed by atoms with Gasteiger partial charge in [0.1, 0.15) is 17.0 Å². The number of sulfonamides is 1. The molecule has 0 spiro atoms. The predicted octanol–water partition coefficient (Wildman–Crippen LogP) is 5.49. The maximum Gasteiger partial charge on any atom is 0.418 e.